The Morgan fingerprint density at radius 2 is 1.67 bits per heavy atom. The van der Waals surface area contributed by atoms with E-state index in [9.17, 15) is 9.18 Å². The standard InChI is InChI=1S/C16H10FN3O/c17-14-7-5-12(6-8-14)15(10-19)20-16(21)13-3-1-11(9-18)2-4-13/h1-8,15H,(H,20,21)/t15-/m1/s1. The summed E-state index contributed by atoms with van der Waals surface area (Å²) in [5.41, 5.74) is 1.29. The lowest BCUT2D eigenvalue weighted by Crippen LogP contribution is -2.27. The number of nitriles is 2. The molecule has 0 unspecified atom stereocenters. The van der Waals surface area contributed by atoms with E-state index in [0.29, 0.717) is 16.7 Å². The van der Waals surface area contributed by atoms with Crippen LogP contribution in [0.4, 0.5) is 4.39 Å². The fourth-order valence-corrected chi connectivity index (χ4v) is 1.76. The fraction of sp³-hybridized carbons (Fsp3) is 0.0625. The molecule has 0 saturated heterocycles. The van der Waals surface area contributed by atoms with Crippen molar-refractivity contribution >= 4 is 5.91 Å². The van der Waals surface area contributed by atoms with Gasteiger partial charge in [-0.25, -0.2) is 4.39 Å². The minimum atomic E-state index is -0.867. The van der Waals surface area contributed by atoms with Crippen LogP contribution in [0, 0.1) is 28.5 Å². The van der Waals surface area contributed by atoms with Gasteiger partial charge in [-0.2, -0.15) is 10.5 Å². The van der Waals surface area contributed by atoms with Gasteiger partial charge in [0.1, 0.15) is 11.9 Å². The van der Waals surface area contributed by atoms with Crippen LogP contribution in [0.2, 0.25) is 0 Å². The molecule has 2 aromatic rings. The monoisotopic (exact) mass is 279 g/mol. The molecular weight excluding hydrogens is 269 g/mol. The molecule has 0 aliphatic rings. The molecule has 0 aromatic heterocycles. The van der Waals surface area contributed by atoms with Crippen molar-refractivity contribution in [3.63, 3.8) is 0 Å². The smallest absolute Gasteiger partial charge is 0.252 e. The third-order valence-electron chi connectivity index (χ3n) is 2.88. The van der Waals surface area contributed by atoms with Gasteiger partial charge in [0.25, 0.3) is 5.91 Å². The highest BCUT2D eigenvalue weighted by atomic mass is 19.1. The van der Waals surface area contributed by atoms with Crippen molar-refractivity contribution in [2.75, 3.05) is 0 Å². The number of halogens is 1. The molecule has 1 N–H and O–H groups in total. The van der Waals surface area contributed by atoms with Gasteiger partial charge in [0.05, 0.1) is 17.7 Å². The highest BCUT2D eigenvalue weighted by Crippen LogP contribution is 2.14. The Morgan fingerprint density at radius 1 is 1.05 bits per heavy atom. The summed E-state index contributed by atoms with van der Waals surface area (Å²) in [5.74, 6) is -0.843. The van der Waals surface area contributed by atoms with Crippen molar-refractivity contribution in [1.29, 1.82) is 10.5 Å². The molecule has 1 amide bonds. The van der Waals surface area contributed by atoms with Crippen molar-refractivity contribution in [3.05, 3.63) is 71.0 Å². The summed E-state index contributed by atoms with van der Waals surface area (Å²) in [6, 6.07) is 14.5. The molecule has 1 atom stereocenters. The number of hydrogen-bond acceptors (Lipinski definition) is 3. The maximum atomic E-state index is 12.9. The summed E-state index contributed by atoms with van der Waals surface area (Å²) < 4.78 is 12.9. The van der Waals surface area contributed by atoms with Crippen LogP contribution < -0.4 is 5.32 Å². The van der Waals surface area contributed by atoms with Gasteiger partial charge in [0, 0.05) is 5.56 Å². The van der Waals surface area contributed by atoms with E-state index >= 15 is 0 Å². The summed E-state index contributed by atoms with van der Waals surface area (Å²) in [5, 5.41) is 20.4. The van der Waals surface area contributed by atoms with Gasteiger partial charge in [0.15, 0.2) is 0 Å². The van der Waals surface area contributed by atoms with Crippen molar-refractivity contribution < 1.29 is 9.18 Å². The molecule has 0 fully saturated rings. The number of carbonyl (C=O) groups is 1. The van der Waals surface area contributed by atoms with E-state index in [1.54, 1.807) is 0 Å². The zero-order valence-corrected chi connectivity index (χ0v) is 10.9. The topological polar surface area (TPSA) is 76.7 Å². The van der Waals surface area contributed by atoms with Gasteiger partial charge >= 0.3 is 0 Å². The fourth-order valence-electron chi connectivity index (χ4n) is 1.76. The molecule has 0 aliphatic carbocycles. The predicted molar refractivity (Wildman–Crippen MR) is 73.4 cm³/mol. The van der Waals surface area contributed by atoms with Crippen molar-refractivity contribution in [3.8, 4) is 12.1 Å². The van der Waals surface area contributed by atoms with Crippen LogP contribution >= 0.6 is 0 Å². The maximum absolute atomic E-state index is 12.9. The Labute approximate surface area is 121 Å². The number of benzene rings is 2. The summed E-state index contributed by atoms with van der Waals surface area (Å²) in [4.78, 5) is 12.0. The molecule has 0 aliphatic heterocycles. The van der Waals surface area contributed by atoms with Gasteiger partial charge in [-0.3, -0.25) is 4.79 Å². The third kappa shape index (κ3) is 3.43. The lowest BCUT2D eigenvalue weighted by atomic mass is 10.1. The molecular formula is C16H10FN3O. The first-order valence-corrected chi connectivity index (χ1v) is 6.10. The number of carbonyl (C=O) groups excluding carboxylic acids is 1. The van der Waals surface area contributed by atoms with E-state index in [1.807, 2.05) is 12.1 Å². The second kappa shape index (κ2) is 6.31. The minimum Gasteiger partial charge on any atom is -0.333 e. The van der Waals surface area contributed by atoms with Gasteiger partial charge in [-0.1, -0.05) is 12.1 Å². The SMILES string of the molecule is N#Cc1ccc(C(=O)N[C@H](C#N)c2ccc(F)cc2)cc1. The highest BCUT2D eigenvalue weighted by molar-refractivity contribution is 5.94. The van der Waals surface area contributed by atoms with Crippen LogP contribution in [0.1, 0.15) is 27.5 Å². The molecule has 0 bridgehead atoms. The van der Waals surface area contributed by atoms with Gasteiger partial charge in [-0.15, -0.1) is 0 Å². The van der Waals surface area contributed by atoms with Crippen LogP contribution in [-0.4, -0.2) is 5.91 Å². The van der Waals surface area contributed by atoms with Gasteiger partial charge < -0.3 is 5.32 Å². The quantitative estimate of drug-likeness (QED) is 0.938. The molecule has 102 valence electrons. The Kier molecular flexibility index (Phi) is 4.28. The van der Waals surface area contributed by atoms with Crippen molar-refractivity contribution in [2.45, 2.75) is 6.04 Å². The highest BCUT2D eigenvalue weighted by Gasteiger charge is 2.15. The Bertz CT molecular complexity index is 724. The number of nitrogens with zero attached hydrogens (tertiary/aromatic N) is 2. The lowest BCUT2D eigenvalue weighted by Gasteiger charge is -2.12. The number of hydrogen-bond donors (Lipinski definition) is 1. The van der Waals surface area contributed by atoms with Crippen molar-refractivity contribution in [1.82, 2.24) is 5.32 Å². The molecule has 0 heterocycles. The zero-order chi connectivity index (χ0) is 15.2. The number of nitrogens with one attached hydrogen (secondary N) is 1. The summed E-state index contributed by atoms with van der Waals surface area (Å²) in [6.07, 6.45) is 0. The zero-order valence-electron chi connectivity index (χ0n) is 10.9. The van der Waals surface area contributed by atoms with Crippen LogP contribution in [0.25, 0.3) is 0 Å². The van der Waals surface area contributed by atoms with E-state index in [-0.39, 0.29) is 0 Å². The minimum absolute atomic E-state index is 0.344. The molecule has 2 aromatic carbocycles. The molecule has 4 nitrogen and oxygen atoms in total. The van der Waals surface area contributed by atoms with E-state index in [2.05, 4.69) is 5.32 Å². The Hall–Kier alpha value is -3.18. The first kappa shape index (κ1) is 14.2. The molecule has 2 rings (SSSR count). The van der Waals surface area contributed by atoms with Crippen LogP contribution in [-0.2, 0) is 0 Å². The summed E-state index contributed by atoms with van der Waals surface area (Å²) >= 11 is 0. The van der Waals surface area contributed by atoms with E-state index < -0.39 is 17.8 Å². The second-order valence-corrected chi connectivity index (χ2v) is 4.28. The van der Waals surface area contributed by atoms with E-state index in [4.69, 9.17) is 10.5 Å². The lowest BCUT2D eigenvalue weighted by molar-refractivity contribution is 0.0945. The first-order chi connectivity index (χ1) is 10.1. The first-order valence-electron chi connectivity index (χ1n) is 6.10. The summed E-state index contributed by atoms with van der Waals surface area (Å²) in [6.45, 7) is 0. The average molecular weight is 279 g/mol. The van der Waals surface area contributed by atoms with E-state index in [1.165, 1.54) is 48.5 Å². The molecule has 0 saturated carbocycles. The van der Waals surface area contributed by atoms with Crippen LogP contribution in [0.5, 0.6) is 0 Å². The van der Waals surface area contributed by atoms with Crippen LogP contribution in [0.15, 0.2) is 48.5 Å². The number of amides is 1. The molecule has 0 radical (unpaired) electrons. The van der Waals surface area contributed by atoms with Gasteiger partial charge in [-0.05, 0) is 42.0 Å². The van der Waals surface area contributed by atoms with Gasteiger partial charge in [0.2, 0.25) is 0 Å². The third-order valence-corrected chi connectivity index (χ3v) is 2.88. The second-order valence-electron chi connectivity index (χ2n) is 4.28. The predicted octanol–water partition coefficient (Wildman–Crippen LogP) is 2.69. The largest absolute Gasteiger partial charge is 0.333 e. The number of rotatable bonds is 3. The van der Waals surface area contributed by atoms with Crippen LogP contribution in [0.3, 0.4) is 0 Å². The Balaban J connectivity index is 2.14. The summed E-state index contributed by atoms with van der Waals surface area (Å²) in [7, 11) is 0. The van der Waals surface area contributed by atoms with E-state index in [0.717, 1.165) is 0 Å². The average Bonchev–Trinajstić information content (AvgIpc) is 2.53. The normalized spacial score (nSPS) is 11.0. The molecule has 0 spiro atoms. The maximum Gasteiger partial charge on any atom is 0.252 e. The molecule has 21 heavy (non-hydrogen) atoms. The van der Waals surface area contributed by atoms with Crippen molar-refractivity contribution in [2.24, 2.45) is 0 Å². The molecule has 5 heteroatoms. The Morgan fingerprint density at radius 3 is 2.19 bits per heavy atom.